The molecule has 60 valence electrons. The highest BCUT2D eigenvalue weighted by Crippen LogP contribution is 1.84. The minimum Gasteiger partial charge on any atom is -0.391 e. The number of nitriles is 1. The Hall–Kier alpha value is -0.240. The van der Waals surface area contributed by atoms with Gasteiger partial charge in [0.25, 0.3) is 0 Å². The zero-order valence-electron chi connectivity index (χ0n) is 6.70. The van der Waals surface area contributed by atoms with Crippen LogP contribution >= 0.6 is 12.6 Å². The van der Waals surface area contributed by atoms with Crippen LogP contribution in [0.4, 0.5) is 0 Å². The van der Waals surface area contributed by atoms with Crippen LogP contribution < -0.4 is 0 Å². The third-order valence-electron chi connectivity index (χ3n) is 0.771. The van der Waals surface area contributed by atoms with Crippen molar-refractivity contribution in [3.63, 3.8) is 0 Å². The molecule has 0 rings (SSSR count). The van der Waals surface area contributed by atoms with E-state index in [9.17, 15) is 0 Å². The summed E-state index contributed by atoms with van der Waals surface area (Å²) < 4.78 is 0.844. The Morgan fingerprint density at radius 2 is 1.80 bits per heavy atom. The van der Waals surface area contributed by atoms with E-state index in [2.05, 4.69) is 33.8 Å². The molecule has 3 nitrogen and oxygen atoms in total. The SMILES string of the molecule is C[N+](C)(C)CCO.N#CS. The third kappa shape index (κ3) is 25.1. The molecule has 0 aromatic rings. The summed E-state index contributed by atoms with van der Waals surface area (Å²) in [7, 11) is 6.16. The molecule has 0 unspecified atom stereocenters. The van der Waals surface area contributed by atoms with Crippen molar-refractivity contribution in [3.8, 4) is 5.40 Å². The molecule has 0 aromatic heterocycles. The van der Waals surface area contributed by atoms with Crippen molar-refractivity contribution >= 4 is 12.6 Å². The molecule has 0 atom stereocenters. The van der Waals surface area contributed by atoms with Crippen LogP contribution in [0.5, 0.6) is 0 Å². The van der Waals surface area contributed by atoms with Gasteiger partial charge < -0.3 is 9.59 Å². The van der Waals surface area contributed by atoms with Gasteiger partial charge in [0, 0.05) is 0 Å². The van der Waals surface area contributed by atoms with Crippen molar-refractivity contribution in [2.45, 2.75) is 0 Å². The first-order valence-corrected chi connectivity index (χ1v) is 3.37. The fourth-order valence-corrected chi connectivity index (χ4v) is 0.300. The van der Waals surface area contributed by atoms with E-state index in [0.717, 1.165) is 11.0 Å². The summed E-state index contributed by atoms with van der Waals surface area (Å²) in [5.74, 6) is 0. The lowest BCUT2D eigenvalue weighted by Crippen LogP contribution is -2.36. The molecular weight excluding hydrogens is 148 g/mol. The second-order valence-corrected chi connectivity index (χ2v) is 3.04. The Morgan fingerprint density at radius 1 is 1.50 bits per heavy atom. The van der Waals surface area contributed by atoms with E-state index in [4.69, 9.17) is 10.4 Å². The maximum absolute atomic E-state index is 8.39. The summed E-state index contributed by atoms with van der Waals surface area (Å²) in [6, 6.07) is 0. The number of hydrogen-bond donors (Lipinski definition) is 2. The average Bonchev–Trinajstić information content (AvgIpc) is 1.63. The van der Waals surface area contributed by atoms with Crippen LogP contribution in [0.3, 0.4) is 0 Å². The topological polar surface area (TPSA) is 44.0 Å². The van der Waals surface area contributed by atoms with Gasteiger partial charge in [-0.25, -0.2) is 0 Å². The standard InChI is InChI=1S/C5H14NO.CHNS/c1-6(2,3)4-5-7;2-1-3/h7H,4-5H2,1-3H3;3H/q+1;. The highest BCUT2D eigenvalue weighted by atomic mass is 32.1. The van der Waals surface area contributed by atoms with Crippen molar-refractivity contribution < 1.29 is 9.59 Å². The molecule has 1 N–H and O–H groups in total. The molecule has 0 bridgehead atoms. The van der Waals surface area contributed by atoms with Crippen LogP contribution in [0.1, 0.15) is 0 Å². The molecule has 0 spiro atoms. The van der Waals surface area contributed by atoms with Gasteiger partial charge in [0.1, 0.15) is 11.9 Å². The van der Waals surface area contributed by atoms with E-state index in [1.165, 1.54) is 5.40 Å². The monoisotopic (exact) mass is 163 g/mol. The molecule has 0 aliphatic carbocycles. The number of rotatable bonds is 2. The van der Waals surface area contributed by atoms with E-state index in [0.29, 0.717) is 0 Å². The van der Waals surface area contributed by atoms with E-state index < -0.39 is 0 Å². The van der Waals surface area contributed by atoms with Gasteiger partial charge in [-0.15, -0.1) is 0 Å². The number of aliphatic hydroxyl groups excluding tert-OH is 1. The number of likely N-dealkylation sites (N-methyl/N-ethyl adjacent to an activating group) is 1. The number of nitrogens with zero attached hydrogens (tertiary/aromatic N) is 2. The predicted octanol–water partition coefficient (Wildman–Crippen LogP) is 0.0822. The molecule has 0 fully saturated rings. The number of quaternary nitrogens is 1. The molecule has 0 radical (unpaired) electrons. The lowest BCUT2D eigenvalue weighted by molar-refractivity contribution is -0.870. The maximum Gasteiger partial charge on any atom is 0.130 e. The Labute approximate surface area is 67.9 Å². The van der Waals surface area contributed by atoms with E-state index >= 15 is 0 Å². The quantitative estimate of drug-likeness (QED) is 0.344. The highest BCUT2D eigenvalue weighted by Gasteiger charge is 2.02. The van der Waals surface area contributed by atoms with E-state index in [-0.39, 0.29) is 6.61 Å². The van der Waals surface area contributed by atoms with Crippen LogP contribution in [0.25, 0.3) is 0 Å². The Bertz CT molecular complexity index is 103. The molecule has 0 heterocycles. The van der Waals surface area contributed by atoms with Crippen molar-refractivity contribution in [3.05, 3.63) is 0 Å². The summed E-state index contributed by atoms with van der Waals surface area (Å²) >= 11 is 3.09. The third-order valence-corrected chi connectivity index (χ3v) is 0.771. The van der Waals surface area contributed by atoms with E-state index in [1.807, 2.05) is 0 Å². The number of thiol groups is 1. The molecule has 0 aromatic carbocycles. The van der Waals surface area contributed by atoms with Gasteiger partial charge in [0.2, 0.25) is 0 Å². The van der Waals surface area contributed by atoms with Crippen LogP contribution in [-0.4, -0.2) is 43.9 Å². The van der Waals surface area contributed by atoms with Crippen LogP contribution in [-0.2, 0) is 0 Å². The first-order chi connectivity index (χ1) is 4.47. The van der Waals surface area contributed by atoms with Gasteiger partial charge in [-0.3, -0.25) is 0 Å². The lowest BCUT2D eigenvalue weighted by Gasteiger charge is -2.21. The van der Waals surface area contributed by atoms with Gasteiger partial charge in [-0.05, 0) is 0 Å². The molecule has 10 heavy (non-hydrogen) atoms. The van der Waals surface area contributed by atoms with Crippen molar-refractivity contribution in [1.82, 2.24) is 0 Å². The molecule has 4 heteroatoms. The molecule has 0 saturated heterocycles. The maximum atomic E-state index is 8.39. The van der Waals surface area contributed by atoms with Gasteiger partial charge in [0.15, 0.2) is 0 Å². The fraction of sp³-hybridized carbons (Fsp3) is 0.833. The smallest absolute Gasteiger partial charge is 0.130 e. The van der Waals surface area contributed by atoms with Gasteiger partial charge >= 0.3 is 0 Å². The molecule has 0 aliphatic heterocycles. The second kappa shape index (κ2) is 6.87. The fourth-order valence-electron chi connectivity index (χ4n) is 0.300. The zero-order valence-corrected chi connectivity index (χ0v) is 7.60. The first kappa shape index (κ1) is 12.4. The molecule has 0 aliphatic rings. The first-order valence-electron chi connectivity index (χ1n) is 2.92. The van der Waals surface area contributed by atoms with Crippen LogP contribution in [0, 0.1) is 10.7 Å². The average molecular weight is 163 g/mol. The van der Waals surface area contributed by atoms with E-state index in [1.54, 1.807) is 0 Å². The minimum atomic E-state index is 0.281. The van der Waals surface area contributed by atoms with Crippen molar-refractivity contribution in [1.29, 1.82) is 5.26 Å². The molecule has 0 saturated carbocycles. The summed E-state index contributed by atoms with van der Waals surface area (Å²) in [6.07, 6.45) is 0. The molecular formula is C6H15N2OS+. The number of hydrogen-bond acceptors (Lipinski definition) is 3. The summed E-state index contributed by atoms with van der Waals surface area (Å²) in [6.45, 7) is 1.11. The zero-order chi connectivity index (χ0) is 8.62. The summed E-state index contributed by atoms with van der Waals surface area (Å²) in [5.41, 5.74) is 0. The van der Waals surface area contributed by atoms with Gasteiger partial charge in [0.05, 0.1) is 27.7 Å². The highest BCUT2D eigenvalue weighted by molar-refractivity contribution is 7.85. The predicted molar refractivity (Wildman–Crippen MR) is 44.6 cm³/mol. The Balaban J connectivity index is 0. The van der Waals surface area contributed by atoms with Crippen LogP contribution in [0.2, 0.25) is 0 Å². The van der Waals surface area contributed by atoms with Crippen LogP contribution in [0.15, 0.2) is 0 Å². The number of aliphatic hydroxyl groups is 1. The number of thiocyanates is 1. The Kier molecular flexibility index (Phi) is 8.55. The second-order valence-electron chi connectivity index (χ2n) is 2.84. The summed E-state index contributed by atoms with van der Waals surface area (Å²) in [5, 5.41) is 17.0. The largest absolute Gasteiger partial charge is 0.391 e. The minimum absolute atomic E-state index is 0.281. The Morgan fingerprint density at radius 3 is 1.80 bits per heavy atom. The lowest BCUT2D eigenvalue weighted by atomic mass is 10.5. The molecule has 0 amide bonds. The summed E-state index contributed by atoms with van der Waals surface area (Å²) in [4.78, 5) is 0. The van der Waals surface area contributed by atoms with Gasteiger partial charge in [-0.2, -0.15) is 5.26 Å². The van der Waals surface area contributed by atoms with Crippen molar-refractivity contribution in [2.75, 3.05) is 34.3 Å². The van der Waals surface area contributed by atoms with Gasteiger partial charge in [-0.1, -0.05) is 12.6 Å². The van der Waals surface area contributed by atoms with Crippen molar-refractivity contribution in [2.24, 2.45) is 0 Å². The normalized spacial score (nSPS) is 9.20.